The molecule has 2 unspecified atom stereocenters. The highest BCUT2D eigenvalue weighted by atomic mass is 32.2. The Hall–Kier alpha value is -1.35. The van der Waals surface area contributed by atoms with E-state index in [9.17, 15) is 8.42 Å². The van der Waals surface area contributed by atoms with Crippen molar-refractivity contribution in [3.8, 4) is 11.5 Å². The van der Waals surface area contributed by atoms with Crippen molar-refractivity contribution < 1.29 is 22.6 Å². The summed E-state index contributed by atoms with van der Waals surface area (Å²) in [5, 5.41) is 0. The molecular weight excluding hydrogens is 320 g/mol. The van der Waals surface area contributed by atoms with Crippen LogP contribution in [-0.4, -0.2) is 58.3 Å². The van der Waals surface area contributed by atoms with Crippen LogP contribution in [0.15, 0.2) is 23.1 Å². The molecule has 0 aliphatic carbocycles. The Morgan fingerprint density at radius 3 is 2.74 bits per heavy atom. The number of rotatable bonds is 4. The van der Waals surface area contributed by atoms with Gasteiger partial charge in [-0.05, 0) is 25.0 Å². The molecule has 1 aromatic carbocycles. The minimum absolute atomic E-state index is 0.0512. The number of benzene rings is 1. The Bertz CT molecular complexity index is 664. The van der Waals surface area contributed by atoms with Crippen LogP contribution in [0, 0.1) is 0 Å². The minimum atomic E-state index is -3.63. The topological polar surface area (TPSA) is 91.1 Å². The van der Waals surface area contributed by atoms with Gasteiger partial charge in [-0.3, -0.25) is 0 Å². The maximum Gasteiger partial charge on any atom is 0.243 e. The van der Waals surface area contributed by atoms with Crippen molar-refractivity contribution in [1.82, 2.24) is 4.31 Å². The second-order valence-electron chi connectivity index (χ2n) is 5.69. The van der Waals surface area contributed by atoms with Crippen molar-refractivity contribution in [1.29, 1.82) is 0 Å². The van der Waals surface area contributed by atoms with E-state index in [-0.39, 0.29) is 23.6 Å². The number of nitrogens with two attached hydrogens (primary N) is 1. The Labute approximate surface area is 136 Å². The lowest BCUT2D eigenvalue weighted by Crippen LogP contribution is -2.51. The van der Waals surface area contributed by atoms with Crippen LogP contribution in [0.2, 0.25) is 0 Å². The normalized spacial score (nSPS) is 25.3. The lowest BCUT2D eigenvalue weighted by molar-refractivity contribution is 0.0401. The van der Waals surface area contributed by atoms with Crippen molar-refractivity contribution >= 4 is 10.0 Å². The van der Waals surface area contributed by atoms with E-state index in [2.05, 4.69) is 0 Å². The zero-order valence-electron chi connectivity index (χ0n) is 13.1. The third-order valence-electron chi connectivity index (χ3n) is 4.34. The summed E-state index contributed by atoms with van der Waals surface area (Å²) in [6.45, 7) is 1.56. The number of hydrogen-bond donors (Lipinski definition) is 1. The van der Waals surface area contributed by atoms with Gasteiger partial charge < -0.3 is 19.9 Å². The first-order chi connectivity index (χ1) is 11.1. The summed E-state index contributed by atoms with van der Waals surface area (Å²) in [6, 6.07) is 4.46. The number of ether oxygens (including phenoxy) is 3. The van der Waals surface area contributed by atoms with Gasteiger partial charge in [0.05, 0.1) is 11.0 Å². The Morgan fingerprint density at radius 1 is 1.30 bits per heavy atom. The van der Waals surface area contributed by atoms with Crippen molar-refractivity contribution in [3.63, 3.8) is 0 Å². The molecule has 2 N–H and O–H groups in total. The molecule has 1 fully saturated rings. The maximum absolute atomic E-state index is 13.0. The molecule has 128 valence electrons. The molecule has 2 aliphatic rings. The van der Waals surface area contributed by atoms with Gasteiger partial charge in [-0.2, -0.15) is 4.31 Å². The predicted molar refractivity (Wildman–Crippen MR) is 84.2 cm³/mol. The molecule has 2 aliphatic heterocycles. The van der Waals surface area contributed by atoms with Crippen LogP contribution < -0.4 is 15.2 Å². The predicted octanol–water partition coefficient (Wildman–Crippen LogP) is 0.585. The van der Waals surface area contributed by atoms with E-state index in [4.69, 9.17) is 19.9 Å². The summed E-state index contributed by atoms with van der Waals surface area (Å²) in [4.78, 5) is 0.205. The lowest BCUT2D eigenvalue weighted by Gasteiger charge is -2.37. The molecule has 1 aromatic rings. The van der Waals surface area contributed by atoms with Crippen LogP contribution in [0.4, 0.5) is 0 Å². The van der Waals surface area contributed by atoms with Crippen molar-refractivity contribution in [2.75, 3.05) is 33.4 Å². The number of sulfonamides is 1. The standard InChI is InChI=1S/C15H22N2O5S/c1-20-12-4-5-17(11(8-12)10-16)23(18,19)13-2-3-14-15(9-13)22-7-6-21-14/h2-3,9,11-12H,4-8,10,16H2,1H3. The van der Waals surface area contributed by atoms with Gasteiger partial charge in [0.15, 0.2) is 11.5 Å². The Morgan fingerprint density at radius 2 is 2.04 bits per heavy atom. The first kappa shape index (κ1) is 16.5. The monoisotopic (exact) mass is 342 g/mol. The first-order valence-electron chi connectivity index (χ1n) is 7.70. The second-order valence-corrected chi connectivity index (χ2v) is 7.58. The fraction of sp³-hybridized carbons (Fsp3) is 0.600. The zero-order chi connectivity index (χ0) is 16.4. The largest absolute Gasteiger partial charge is 0.486 e. The molecule has 0 saturated carbocycles. The van der Waals surface area contributed by atoms with Crippen LogP contribution in [0.3, 0.4) is 0 Å². The fourth-order valence-electron chi connectivity index (χ4n) is 3.06. The van der Waals surface area contributed by atoms with Crippen molar-refractivity contribution in [2.45, 2.75) is 29.9 Å². The van der Waals surface area contributed by atoms with E-state index in [1.165, 1.54) is 10.4 Å². The summed E-state index contributed by atoms with van der Waals surface area (Å²) < 4.78 is 43.7. The summed E-state index contributed by atoms with van der Waals surface area (Å²) in [6.07, 6.45) is 1.32. The average molecular weight is 342 g/mol. The maximum atomic E-state index is 13.0. The molecule has 23 heavy (non-hydrogen) atoms. The molecule has 7 nitrogen and oxygen atoms in total. The van der Waals surface area contributed by atoms with Gasteiger partial charge in [-0.25, -0.2) is 8.42 Å². The molecule has 1 saturated heterocycles. The summed E-state index contributed by atoms with van der Waals surface area (Å²) in [7, 11) is -1.98. The van der Waals surface area contributed by atoms with Gasteiger partial charge >= 0.3 is 0 Å². The number of nitrogens with zero attached hydrogens (tertiary/aromatic N) is 1. The van der Waals surface area contributed by atoms with Gasteiger partial charge in [0.2, 0.25) is 10.0 Å². The Kier molecular flexibility index (Phi) is 4.77. The third-order valence-corrected chi connectivity index (χ3v) is 6.29. The van der Waals surface area contributed by atoms with Gasteiger partial charge in [0.1, 0.15) is 13.2 Å². The molecule has 0 amide bonds. The zero-order valence-corrected chi connectivity index (χ0v) is 13.9. The quantitative estimate of drug-likeness (QED) is 0.861. The van der Waals surface area contributed by atoms with Gasteiger partial charge in [-0.15, -0.1) is 0 Å². The molecule has 0 bridgehead atoms. The van der Waals surface area contributed by atoms with E-state index < -0.39 is 10.0 Å². The highest BCUT2D eigenvalue weighted by Gasteiger charge is 2.36. The van der Waals surface area contributed by atoms with Crippen LogP contribution >= 0.6 is 0 Å². The molecule has 2 heterocycles. The smallest absolute Gasteiger partial charge is 0.243 e. The van der Waals surface area contributed by atoms with Crippen molar-refractivity contribution in [3.05, 3.63) is 18.2 Å². The molecule has 0 aromatic heterocycles. The van der Waals surface area contributed by atoms with E-state index in [1.807, 2.05) is 0 Å². The molecule has 8 heteroatoms. The molecular formula is C15H22N2O5S. The van der Waals surface area contributed by atoms with E-state index in [0.29, 0.717) is 44.1 Å². The number of piperidine rings is 1. The first-order valence-corrected chi connectivity index (χ1v) is 9.14. The molecule has 2 atom stereocenters. The summed E-state index contributed by atoms with van der Waals surface area (Å²) in [5.74, 6) is 1.04. The van der Waals surface area contributed by atoms with Gasteiger partial charge in [-0.1, -0.05) is 0 Å². The lowest BCUT2D eigenvalue weighted by atomic mass is 10.0. The molecule has 0 radical (unpaired) electrons. The average Bonchev–Trinajstić information content (AvgIpc) is 2.60. The summed E-state index contributed by atoms with van der Waals surface area (Å²) >= 11 is 0. The molecule has 3 rings (SSSR count). The number of hydrogen-bond acceptors (Lipinski definition) is 6. The highest BCUT2D eigenvalue weighted by molar-refractivity contribution is 7.89. The number of methoxy groups -OCH3 is 1. The van der Waals surface area contributed by atoms with Crippen LogP contribution in [0.5, 0.6) is 11.5 Å². The second kappa shape index (κ2) is 6.64. The van der Waals surface area contributed by atoms with Gasteiger partial charge in [0, 0.05) is 32.3 Å². The van der Waals surface area contributed by atoms with Gasteiger partial charge in [0.25, 0.3) is 0 Å². The van der Waals surface area contributed by atoms with Crippen LogP contribution in [-0.2, 0) is 14.8 Å². The Balaban J connectivity index is 1.88. The summed E-state index contributed by atoms with van der Waals surface area (Å²) in [5.41, 5.74) is 5.79. The minimum Gasteiger partial charge on any atom is -0.486 e. The van der Waals surface area contributed by atoms with Crippen LogP contribution in [0.25, 0.3) is 0 Å². The fourth-order valence-corrected chi connectivity index (χ4v) is 4.73. The van der Waals surface area contributed by atoms with Crippen LogP contribution in [0.1, 0.15) is 12.8 Å². The van der Waals surface area contributed by atoms with E-state index >= 15 is 0 Å². The van der Waals surface area contributed by atoms with E-state index in [1.54, 1.807) is 19.2 Å². The van der Waals surface area contributed by atoms with E-state index in [0.717, 1.165) is 0 Å². The number of fused-ring (bicyclic) bond motifs is 1. The highest BCUT2D eigenvalue weighted by Crippen LogP contribution is 2.34. The molecule has 0 spiro atoms. The third kappa shape index (κ3) is 3.16. The van der Waals surface area contributed by atoms with Crippen molar-refractivity contribution in [2.24, 2.45) is 5.73 Å². The SMILES string of the molecule is COC1CCN(S(=O)(=O)c2ccc3c(c2)OCCO3)C(CN)C1.